The van der Waals surface area contributed by atoms with Gasteiger partial charge in [0.15, 0.2) is 6.29 Å². The van der Waals surface area contributed by atoms with E-state index in [4.69, 9.17) is 15.3 Å². The van der Waals surface area contributed by atoms with Crippen LogP contribution < -0.4 is 0 Å². The SMILES string of the molecule is C=CC(=O)OCC(O)C(O)O. The Morgan fingerprint density at radius 3 is 2.45 bits per heavy atom. The molecule has 0 radical (unpaired) electrons. The summed E-state index contributed by atoms with van der Waals surface area (Å²) in [5.74, 6) is -0.718. The van der Waals surface area contributed by atoms with Crippen LogP contribution in [0.25, 0.3) is 0 Å². The Hall–Kier alpha value is -0.910. The smallest absolute Gasteiger partial charge is 0.330 e. The van der Waals surface area contributed by atoms with Crippen LogP contribution in [0.3, 0.4) is 0 Å². The van der Waals surface area contributed by atoms with Gasteiger partial charge < -0.3 is 20.1 Å². The Morgan fingerprint density at radius 2 is 2.09 bits per heavy atom. The minimum atomic E-state index is -1.90. The normalized spacial score (nSPS) is 12.7. The molecule has 1 unspecified atom stereocenters. The largest absolute Gasteiger partial charge is 0.460 e. The fraction of sp³-hybridized carbons (Fsp3) is 0.500. The van der Waals surface area contributed by atoms with E-state index in [0.717, 1.165) is 6.08 Å². The zero-order valence-corrected chi connectivity index (χ0v) is 5.80. The van der Waals surface area contributed by atoms with Gasteiger partial charge in [-0.05, 0) is 0 Å². The molecule has 0 aliphatic heterocycles. The van der Waals surface area contributed by atoms with Crippen molar-refractivity contribution in [2.75, 3.05) is 6.61 Å². The summed E-state index contributed by atoms with van der Waals surface area (Å²) in [6.07, 6.45) is -2.46. The Kier molecular flexibility index (Phi) is 4.44. The fourth-order valence-electron chi connectivity index (χ4n) is 0.313. The molecule has 0 saturated heterocycles. The minimum Gasteiger partial charge on any atom is -0.460 e. The minimum absolute atomic E-state index is 0.456. The third kappa shape index (κ3) is 4.49. The summed E-state index contributed by atoms with van der Waals surface area (Å²) in [7, 11) is 0. The molecule has 5 nitrogen and oxygen atoms in total. The molecular formula is C6H10O5. The van der Waals surface area contributed by atoms with Crippen molar-refractivity contribution < 1.29 is 24.9 Å². The highest BCUT2D eigenvalue weighted by molar-refractivity contribution is 5.81. The number of ether oxygens (including phenoxy) is 1. The summed E-state index contributed by atoms with van der Waals surface area (Å²) in [5, 5.41) is 25.2. The number of aliphatic hydroxyl groups excluding tert-OH is 2. The molecule has 0 aromatic heterocycles. The lowest BCUT2D eigenvalue weighted by Crippen LogP contribution is -2.30. The molecule has 5 heteroatoms. The van der Waals surface area contributed by atoms with E-state index in [2.05, 4.69) is 11.3 Å². The van der Waals surface area contributed by atoms with Gasteiger partial charge in [0.1, 0.15) is 12.7 Å². The van der Waals surface area contributed by atoms with Crippen molar-refractivity contribution in [1.82, 2.24) is 0 Å². The van der Waals surface area contributed by atoms with Gasteiger partial charge in [-0.3, -0.25) is 0 Å². The van der Waals surface area contributed by atoms with E-state index in [1.54, 1.807) is 0 Å². The Bertz CT molecular complexity index is 142. The zero-order valence-electron chi connectivity index (χ0n) is 5.80. The first-order chi connectivity index (χ1) is 5.07. The quantitative estimate of drug-likeness (QED) is 0.263. The van der Waals surface area contributed by atoms with Gasteiger partial charge in [0, 0.05) is 6.08 Å². The van der Waals surface area contributed by atoms with Crippen LogP contribution in [0.1, 0.15) is 0 Å². The van der Waals surface area contributed by atoms with Gasteiger partial charge >= 0.3 is 5.97 Å². The topological polar surface area (TPSA) is 87.0 Å². The van der Waals surface area contributed by atoms with Crippen LogP contribution in [0.5, 0.6) is 0 Å². The van der Waals surface area contributed by atoms with Gasteiger partial charge in [0.2, 0.25) is 0 Å². The molecule has 0 aromatic carbocycles. The van der Waals surface area contributed by atoms with E-state index in [1.165, 1.54) is 0 Å². The highest BCUT2D eigenvalue weighted by Crippen LogP contribution is 1.90. The van der Waals surface area contributed by atoms with Crippen LogP contribution in [-0.4, -0.2) is 40.3 Å². The molecule has 0 bridgehead atoms. The molecule has 0 spiro atoms. The van der Waals surface area contributed by atoms with Crippen LogP contribution in [0.15, 0.2) is 12.7 Å². The number of hydrogen-bond donors (Lipinski definition) is 3. The Balaban J connectivity index is 3.53. The van der Waals surface area contributed by atoms with Crippen LogP contribution >= 0.6 is 0 Å². The summed E-state index contributed by atoms with van der Waals surface area (Å²) < 4.78 is 4.29. The average molecular weight is 162 g/mol. The van der Waals surface area contributed by atoms with Crippen LogP contribution in [-0.2, 0) is 9.53 Å². The molecule has 0 rings (SSSR count). The molecule has 11 heavy (non-hydrogen) atoms. The number of aliphatic hydroxyl groups is 3. The van der Waals surface area contributed by atoms with E-state index >= 15 is 0 Å². The second kappa shape index (κ2) is 4.84. The first-order valence-electron chi connectivity index (χ1n) is 2.91. The summed E-state index contributed by atoms with van der Waals surface area (Å²) in [4.78, 5) is 10.3. The van der Waals surface area contributed by atoms with Gasteiger partial charge in [-0.25, -0.2) is 4.79 Å². The van der Waals surface area contributed by atoms with E-state index < -0.39 is 25.0 Å². The van der Waals surface area contributed by atoms with Gasteiger partial charge in [0.05, 0.1) is 0 Å². The summed E-state index contributed by atoms with van der Waals surface area (Å²) in [5.41, 5.74) is 0. The molecule has 3 N–H and O–H groups in total. The van der Waals surface area contributed by atoms with Gasteiger partial charge in [-0.2, -0.15) is 0 Å². The van der Waals surface area contributed by atoms with Crippen molar-refractivity contribution in [3.63, 3.8) is 0 Å². The lowest BCUT2D eigenvalue weighted by atomic mass is 10.4. The second-order valence-corrected chi connectivity index (χ2v) is 1.82. The number of carbonyl (C=O) groups excluding carboxylic acids is 1. The lowest BCUT2D eigenvalue weighted by Gasteiger charge is -2.11. The molecule has 0 fully saturated rings. The van der Waals surface area contributed by atoms with E-state index in [0.29, 0.717) is 0 Å². The lowest BCUT2D eigenvalue weighted by molar-refractivity contribution is -0.158. The van der Waals surface area contributed by atoms with Gasteiger partial charge in [-0.1, -0.05) is 6.58 Å². The molecule has 0 aromatic rings. The molecule has 0 amide bonds. The van der Waals surface area contributed by atoms with E-state index in [-0.39, 0.29) is 0 Å². The van der Waals surface area contributed by atoms with Gasteiger partial charge in [0.25, 0.3) is 0 Å². The zero-order chi connectivity index (χ0) is 8.85. The Labute approximate surface area is 63.5 Å². The van der Waals surface area contributed by atoms with Crippen molar-refractivity contribution in [3.8, 4) is 0 Å². The third-order valence-electron chi connectivity index (χ3n) is 0.907. The third-order valence-corrected chi connectivity index (χ3v) is 0.907. The standard InChI is InChI=1S/C6H10O5/c1-2-5(8)11-3-4(7)6(9)10/h2,4,6-7,9-10H,1,3H2. The average Bonchev–Trinajstić information content (AvgIpc) is 1.99. The maximum Gasteiger partial charge on any atom is 0.330 e. The van der Waals surface area contributed by atoms with E-state index in [1.807, 2.05) is 0 Å². The first kappa shape index (κ1) is 10.1. The second-order valence-electron chi connectivity index (χ2n) is 1.82. The van der Waals surface area contributed by atoms with Crippen molar-refractivity contribution in [1.29, 1.82) is 0 Å². The highest BCUT2D eigenvalue weighted by Gasteiger charge is 2.13. The molecular weight excluding hydrogens is 152 g/mol. The number of rotatable bonds is 4. The van der Waals surface area contributed by atoms with Crippen LogP contribution in [0.2, 0.25) is 0 Å². The predicted octanol–water partition coefficient (Wildman–Crippen LogP) is -1.61. The maximum absolute atomic E-state index is 10.3. The summed E-state index contributed by atoms with van der Waals surface area (Å²) in [6.45, 7) is 2.65. The molecule has 64 valence electrons. The molecule has 0 heterocycles. The molecule has 1 atom stereocenters. The fourth-order valence-corrected chi connectivity index (χ4v) is 0.313. The summed E-state index contributed by atoms with van der Waals surface area (Å²) in [6, 6.07) is 0. The van der Waals surface area contributed by atoms with E-state index in [9.17, 15) is 4.79 Å². The van der Waals surface area contributed by atoms with Crippen molar-refractivity contribution in [2.24, 2.45) is 0 Å². The van der Waals surface area contributed by atoms with Crippen molar-refractivity contribution >= 4 is 5.97 Å². The van der Waals surface area contributed by atoms with Gasteiger partial charge in [-0.15, -0.1) is 0 Å². The Morgan fingerprint density at radius 1 is 1.55 bits per heavy atom. The molecule has 0 saturated carbocycles. The highest BCUT2D eigenvalue weighted by atomic mass is 16.6. The predicted molar refractivity (Wildman–Crippen MR) is 35.4 cm³/mol. The number of carbonyl (C=O) groups is 1. The van der Waals surface area contributed by atoms with Crippen LogP contribution in [0.4, 0.5) is 0 Å². The number of hydrogen-bond acceptors (Lipinski definition) is 5. The maximum atomic E-state index is 10.3. The van der Waals surface area contributed by atoms with Crippen molar-refractivity contribution in [3.05, 3.63) is 12.7 Å². The molecule has 0 aliphatic carbocycles. The monoisotopic (exact) mass is 162 g/mol. The first-order valence-corrected chi connectivity index (χ1v) is 2.91. The van der Waals surface area contributed by atoms with Crippen LogP contribution in [0, 0.1) is 0 Å². The summed E-state index contributed by atoms with van der Waals surface area (Å²) >= 11 is 0. The van der Waals surface area contributed by atoms with Crippen molar-refractivity contribution in [2.45, 2.75) is 12.4 Å². The molecule has 0 aliphatic rings. The number of esters is 1.